The second-order valence-electron chi connectivity index (χ2n) is 6.84. The molecule has 158 valence electrons. The van der Waals surface area contributed by atoms with E-state index in [0.29, 0.717) is 26.4 Å². The highest BCUT2D eigenvalue weighted by Gasteiger charge is 2.18. The monoisotopic (exact) mass is 474 g/mol. The molecular weight excluding hydrogens is 459 g/mol. The lowest BCUT2D eigenvalue weighted by Crippen LogP contribution is -2.14. The van der Waals surface area contributed by atoms with Gasteiger partial charge < -0.3 is 11.1 Å². The molecule has 1 amide bonds. The number of carbonyl (C=O) groups is 1. The molecule has 10 heteroatoms. The minimum Gasteiger partial charge on any atom is -0.364 e. The van der Waals surface area contributed by atoms with Crippen LogP contribution < -0.4 is 11.1 Å². The number of para-hydroxylation sites is 1. The molecule has 0 aliphatic heterocycles. The normalized spacial score (nSPS) is 11.0. The Kier molecular flexibility index (Phi) is 5.66. The molecule has 2 aromatic heterocycles. The van der Waals surface area contributed by atoms with Gasteiger partial charge in [-0.3, -0.25) is 4.79 Å². The number of aromatic nitrogens is 4. The van der Waals surface area contributed by atoms with E-state index in [-0.39, 0.29) is 5.69 Å². The molecule has 0 spiro atoms. The van der Waals surface area contributed by atoms with Gasteiger partial charge in [-0.1, -0.05) is 40.9 Å². The maximum Gasteiger partial charge on any atom is 0.271 e. The Morgan fingerprint density at radius 1 is 1.00 bits per heavy atom. The van der Waals surface area contributed by atoms with Crippen LogP contribution in [0.5, 0.6) is 0 Å². The second-order valence-corrected chi connectivity index (χ2v) is 8.03. The predicted molar refractivity (Wildman–Crippen MR) is 123 cm³/mol. The summed E-state index contributed by atoms with van der Waals surface area (Å²) in [5.41, 5.74) is 9.66. The summed E-state index contributed by atoms with van der Waals surface area (Å²) >= 11 is 18.8. The van der Waals surface area contributed by atoms with Crippen molar-refractivity contribution in [1.29, 1.82) is 0 Å². The van der Waals surface area contributed by atoms with Gasteiger partial charge in [0.2, 0.25) is 0 Å². The molecule has 0 aliphatic rings. The van der Waals surface area contributed by atoms with Crippen molar-refractivity contribution in [1.82, 2.24) is 19.6 Å². The fraction of sp³-hybridized carbons (Fsp3) is 0.0952. The highest BCUT2D eigenvalue weighted by atomic mass is 35.5. The molecule has 0 fully saturated rings. The quantitative estimate of drug-likeness (QED) is 0.400. The van der Waals surface area contributed by atoms with E-state index < -0.39 is 5.91 Å². The van der Waals surface area contributed by atoms with Crippen molar-refractivity contribution in [2.24, 2.45) is 5.73 Å². The van der Waals surface area contributed by atoms with E-state index in [4.69, 9.17) is 40.5 Å². The minimum atomic E-state index is -0.682. The van der Waals surface area contributed by atoms with Crippen LogP contribution in [-0.4, -0.2) is 25.5 Å². The topological polar surface area (TPSA) is 90.8 Å². The van der Waals surface area contributed by atoms with Gasteiger partial charge in [0.05, 0.1) is 44.0 Å². The number of amides is 1. The third-order valence-corrected chi connectivity index (χ3v) is 5.87. The number of nitrogens with two attached hydrogens (primary N) is 1. The average molecular weight is 476 g/mol. The Morgan fingerprint density at radius 3 is 2.19 bits per heavy atom. The molecule has 0 radical (unpaired) electrons. The van der Waals surface area contributed by atoms with Gasteiger partial charge in [-0.25, -0.2) is 9.36 Å². The largest absolute Gasteiger partial charge is 0.364 e. The van der Waals surface area contributed by atoms with Crippen molar-refractivity contribution in [3.63, 3.8) is 0 Å². The molecular formula is C21H17Cl3N6O. The molecule has 31 heavy (non-hydrogen) atoms. The smallest absolute Gasteiger partial charge is 0.271 e. The standard InChI is InChI=1S/C21H17Cl3N6O/c1-11-18(24)12(2)30(27-11)14-8-6-13(7-9-14)26-17-10-29(28-19(17)21(25)31)20-15(22)4-3-5-16(20)23/h3-10,26H,1-2H3,(H2,25,31). The Hall–Kier alpha value is -3.00. The van der Waals surface area contributed by atoms with Crippen LogP contribution in [0.4, 0.5) is 11.4 Å². The first-order valence-electron chi connectivity index (χ1n) is 9.19. The Morgan fingerprint density at radius 2 is 1.65 bits per heavy atom. The van der Waals surface area contributed by atoms with E-state index in [9.17, 15) is 4.79 Å². The van der Waals surface area contributed by atoms with Crippen molar-refractivity contribution in [2.75, 3.05) is 5.32 Å². The number of nitrogens with one attached hydrogen (secondary N) is 1. The van der Waals surface area contributed by atoms with Crippen molar-refractivity contribution in [3.8, 4) is 11.4 Å². The van der Waals surface area contributed by atoms with Crippen LogP contribution in [0.3, 0.4) is 0 Å². The molecule has 2 heterocycles. The van der Waals surface area contributed by atoms with Crippen molar-refractivity contribution in [2.45, 2.75) is 13.8 Å². The van der Waals surface area contributed by atoms with Gasteiger partial charge in [0.25, 0.3) is 5.91 Å². The third kappa shape index (κ3) is 3.99. The van der Waals surface area contributed by atoms with Crippen LogP contribution >= 0.6 is 34.8 Å². The molecule has 0 unspecified atom stereocenters. The first-order chi connectivity index (χ1) is 14.8. The summed E-state index contributed by atoms with van der Waals surface area (Å²) in [5, 5.41) is 13.3. The second kappa shape index (κ2) is 8.26. The fourth-order valence-electron chi connectivity index (χ4n) is 3.19. The van der Waals surface area contributed by atoms with Gasteiger partial charge in [-0.05, 0) is 50.2 Å². The molecule has 0 atom stereocenters. The lowest BCUT2D eigenvalue weighted by atomic mass is 10.2. The summed E-state index contributed by atoms with van der Waals surface area (Å²) in [4.78, 5) is 12.0. The average Bonchev–Trinajstić information content (AvgIpc) is 3.25. The molecule has 0 saturated heterocycles. The molecule has 3 N–H and O–H groups in total. The highest BCUT2D eigenvalue weighted by Crippen LogP contribution is 2.31. The van der Waals surface area contributed by atoms with E-state index >= 15 is 0 Å². The summed E-state index contributed by atoms with van der Waals surface area (Å²) in [7, 11) is 0. The van der Waals surface area contributed by atoms with E-state index in [0.717, 1.165) is 22.8 Å². The van der Waals surface area contributed by atoms with E-state index in [2.05, 4.69) is 15.5 Å². The van der Waals surface area contributed by atoms with Crippen molar-refractivity contribution in [3.05, 3.63) is 80.8 Å². The van der Waals surface area contributed by atoms with Gasteiger partial charge >= 0.3 is 0 Å². The predicted octanol–water partition coefficient (Wildman–Crippen LogP) is 5.48. The Labute approximate surface area is 193 Å². The van der Waals surface area contributed by atoms with Gasteiger partial charge in [-0.15, -0.1) is 0 Å². The van der Waals surface area contributed by atoms with Crippen LogP contribution in [0, 0.1) is 13.8 Å². The van der Waals surface area contributed by atoms with Gasteiger partial charge in [0.15, 0.2) is 5.69 Å². The number of rotatable bonds is 5. The maximum absolute atomic E-state index is 12.0. The number of halogens is 3. The van der Waals surface area contributed by atoms with Gasteiger partial charge in [-0.2, -0.15) is 10.2 Å². The minimum absolute atomic E-state index is 0.0605. The third-order valence-electron chi connectivity index (χ3n) is 4.71. The number of anilines is 2. The summed E-state index contributed by atoms with van der Waals surface area (Å²) < 4.78 is 3.20. The molecule has 0 aliphatic carbocycles. The number of carbonyl (C=O) groups excluding carboxylic acids is 1. The van der Waals surface area contributed by atoms with Crippen molar-refractivity contribution >= 4 is 52.1 Å². The zero-order chi connectivity index (χ0) is 22.3. The summed E-state index contributed by atoms with van der Waals surface area (Å²) in [6, 6.07) is 12.6. The number of hydrogen-bond acceptors (Lipinski definition) is 4. The van der Waals surface area contributed by atoms with Crippen LogP contribution in [0.1, 0.15) is 21.9 Å². The first kappa shape index (κ1) is 21.2. The molecule has 7 nitrogen and oxygen atoms in total. The van der Waals surface area contributed by atoms with Gasteiger partial charge in [0, 0.05) is 5.69 Å². The number of nitrogens with zero attached hydrogens (tertiary/aromatic N) is 4. The summed E-state index contributed by atoms with van der Waals surface area (Å²) in [5.74, 6) is -0.682. The highest BCUT2D eigenvalue weighted by molar-refractivity contribution is 6.37. The molecule has 4 aromatic rings. The molecule has 2 aromatic carbocycles. The lowest BCUT2D eigenvalue weighted by Gasteiger charge is -2.08. The lowest BCUT2D eigenvalue weighted by molar-refractivity contribution is 0.0996. The maximum atomic E-state index is 12.0. The molecule has 0 bridgehead atoms. The van der Waals surface area contributed by atoms with E-state index in [1.165, 1.54) is 4.68 Å². The number of hydrogen-bond donors (Lipinski definition) is 2. The van der Waals surface area contributed by atoms with E-state index in [1.54, 1.807) is 29.1 Å². The number of benzene rings is 2. The van der Waals surface area contributed by atoms with Crippen molar-refractivity contribution < 1.29 is 4.79 Å². The fourth-order valence-corrected chi connectivity index (χ4v) is 3.87. The SMILES string of the molecule is Cc1nn(-c2ccc(Nc3cn(-c4c(Cl)cccc4Cl)nc3C(N)=O)cc2)c(C)c1Cl. The summed E-state index contributed by atoms with van der Waals surface area (Å²) in [6.07, 6.45) is 1.61. The molecule has 4 rings (SSSR count). The first-order valence-corrected chi connectivity index (χ1v) is 10.3. The van der Waals surface area contributed by atoms with Crippen LogP contribution in [-0.2, 0) is 0 Å². The number of aryl methyl sites for hydroxylation is 1. The Balaban J connectivity index is 1.67. The van der Waals surface area contributed by atoms with Gasteiger partial charge in [0.1, 0.15) is 5.69 Å². The zero-order valence-corrected chi connectivity index (χ0v) is 18.8. The van der Waals surface area contributed by atoms with Crippen LogP contribution in [0.2, 0.25) is 15.1 Å². The number of primary amides is 1. The van der Waals surface area contributed by atoms with Crippen LogP contribution in [0.15, 0.2) is 48.7 Å². The zero-order valence-electron chi connectivity index (χ0n) is 16.5. The Bertz CT molecular complexity index is 1270. The van der Waals surface area contributed by atoms with E-state index in [1.807, 2.05) is 38.1 Å². The molecule has 0 saturated carbocycles. The van der Waals surface area contributed by atoms with Crippen LogP contribution in [0.25, 0.3) is 11.4 Å². The summed E-state index contributed by atoms with van der Waals surface area (Å²) in [6.45, 7) is 3.76.